The second kappa shape index (κ2) is 6.53. The molecule has 0 saturated carbocycles. The van der Waals surface area contributed by atoms with Gasteiger partial charge in [-0.15, -0.1) is 0 Å². The van der Waals surface area contributed by atoms with Gasteiger partial charge in [0.15, 0.2) is 17.6 Å². The van der Waals surface area contributed by atoms with E-state index >= 15 is 0 Å². The van der Waals surface area contributed by atoms with Crippen LogP contribution in [0.4, 0.5) is 0 Å². The highest BCUT2D eigenvalue weighted by atomic mass is 32.2. The molecule has 1 atom stereocenters. The van der Waals surface area contributed by atoms with Gasteiger partial charge in [-0.05, 0) is 12.1 Å². The highest BCUT2D eigenvalue weighted by molar-refractivity contribution is 7.88. The maximum Gasteiger partial charge on any atom is 0.237 e. The highest BCUT2D eigenvalue weighted by Gasteiger charge is 2.25. The van der Waals surface area contributed by atoms with Crippen molar-refractivity contribution in [1.29, 1.82) is 0 Å². The summed E-state index contributed by atoms with van der Waals surface area (Å²) in [6.45, 7) is 0.473. The highest BCUT2D eigenvalue weighted by Crippen LogP contribution is 2.30. The molecule has 1 aliphatic rings. The van der Waals surface area contributed by atoms with Crippen LogP contribution in [0.15, 0.2) is 24.3 Å². The lowest BCUT2D eigenvalue weighted by atomic mass is 10.2. The molecule has 8 heteroatoms. The predicted octanol–water partition coefficient (Wildman–Crippen LogP) is 0.176. The third-order valence-corrected chi connectivity index (χ3v) is 4.66. The number of ether oxygens (including phenoxy) is 2. The first-order valence-electron chi connectivity index (χ1n) is 6.81. The van der Waals surface area contributed by atoms with Crippen LogP contribution in [-0.2, 0) is 14.8 Å². The summed E-state index contributed by atoms with van der Waals surface area (Å²) in [5.41, 5.74) is 0. The molecular weight excluding hydrogens is 308 g/mol. The Morgan fingerprint density at radius 1 is 1.27 bits per heavy atom. The Hall–Kier alpha value is -1.80. The Labute approximate surface area is 130 Å². The normalized spacial score (nSPS) is 17.4. The first-order chi connectivity index (χ1) is 10.3. The fraction of sp³-hybridized carbons (Fsp3) is 0.500. The van der Waals surface area contributed by atoms with Crippen LogP contribution in [-0.4, -0.2) is 69.7 Å². The summed E-state index contributed by atoms with van der Waals surface area (Å²) in [7, 11) is -0.389. The number of para-hydroxylation sites is 2. The van der Waals surface area contributed by atoms with Crippen molar-refractivity contribution in [3.63, 3.8) is 0 Å². The molecule has 0 aliphatic carbocycles. The van der Waals surface area contributed by atoms with Crippen molar-refractivity contribution in [2.45, 2.75) is 6.10 Å². The molecular formula is C14H20N2O5S. The third-order valence-electron chi connectivity index (χ3n) is 3.39. The van der Waals surface area contributed by atoms with Gasteiger partial charge in [0.1, 0.15) is 6.61 Å². The zero-order valence-corrected chi connectivity index (χ0v) is 13.7. The van der Waals surface area contributed by atoms with Crippen LogP contribution in [0.5, 0.6) is 11.5 Å². The molecule has 0 radical (unpaired) electrons. The number of hydrogen-bond acceptors (Lipinski definition) is 5. The van der Waals surface area contributed by atoms with Crippen LogP contribution in [0, 0.1) is 0 Å². The van der Waals surface area contributed by atoms with Gasteiger partial charge in [0.05, 0.1) is 19.3 Å². The van der Waals surface area contributed by atoms with Gasteiger partial charge in [0.25, 0.3) is 0 Å². The lowest BCUT2D eigenvalue weighted by molar-refractivity contribution is -0.131. The van der Waals surface area contributed by atoms with Crippen LogP contribution in [0.2, 0.25) is 0 Å². The summed E-state index contributed by atoms with van der Waals surface area (Å²) in [6.07, 6.45) is 0.780. The molecule has 0 saturated heterocycles. The maximum absolute atomic E-state index is 12.0. The van der Waals surface area contributed by atoms with E-state index in [-0.39, 0.29) is 18.6 Å². The van der Waals surface area contributed by atoms with Crippen molar-refractivity contribution in [2.75, 3.05) is 40.0 Å². The molecule has 1 heterocycles. The van der Waals surface area contributed by atoms with E-state index in [4.69, 9.17) is 9.47 Å². The van der Waals surface area contributed by atoms with E-state index in [9.17, 15) is 13.2 Å². The third kappa shape index (κ3) is 4.11. The Morgan fingerprint density at radius 2 is 1.91 bits per heavy atom. The summed E-state index contributed by atoms with van der Waals surface area (Å²) < 4.78 is 35.0. The fourth-order valence-corrected chi connectivity index (χ4v) is 2.33. The Kier molecular flexibility index (Phi) is 4.92. The maximum atomic E-state index is 12.0. The number of rotatable bonds is 5. The topological polar surface area (TPSA) is 76.2 Å². The van der Waals surface area contributed by atoms with Crippen molar-refractivity contribution in [2.24, 2.45) is 0 Å². The van der Waals surface area contributed by atoms with Crippen LogP contribution in [0.3, 0.4) is 0 Å². The second-order valence-electron chi connectivity index (χ2n) is 5.29. The molecule has 0 aromatic heterocycles. The smallest absolute Gasteiger partial charge is 0.237 e. The van der Waals surface area contributed by atoms with Gasteiger partial charge >= 0.3 is 0 Å². The van der Waals surface area contributed by atoms with Gasteiger partial charge < -0.3 is 14.4 Å². The van der Waals surface area contributed by atoms with Crippen molar-refractivity contribution in [1.82, 2.24) is 9.21 Å². The predicted molar refractivity (Wildman–Crippen MR) is 81.5 cm³/mol. The van der Waals surface area contributed by atoms with Crippen LogP contribution >= 0.6 is 0 Å². The second-order valence-corrected chi connectivity index (χ2v) is 7.38. The van der Waals surface area contributed by atoms with Crippen molar-refractivity contribution in [3.8, 4) is 11.5 Å². The number of carbonyl (C=O) groups is 1. The van der Waals surface area contributed by atoms with E-state index in [2.05, 4.69) is 0 Å². The molecule has 1 unspecified atom stereocenters. The number of sulfonamides is 1. The molecule has 1 amide bonds. The molecule has 2 rings (SSSR count). The van der Waals surface area contributed by atoms with Crippen molar-refractivity contribution in [3.05, 3.63) is 24.3 Å². The van der Waals surface area contributed by atoms with E-state index in [1.54, 1.807) is 13.1 Å². The lowest BCUT2D eigenvalue weighted by Gasteiger charge is -2.30. The minimum atomic E-state index is -3.37. The zero-order chi connectivity index (χ0) is 16.3. The summed E-state index contributed by atoms with van der Waals surface area (Å²) in [6, 6.07) is 7.34. The van der Waals surface area contributed by atoms with Crippen molar-refractivity contribution >= 4 is 15.9 Å². The Balaban J connectivity index is 1.90. The molecule has 7 nitrogen and oxygen atoms in total. The van der Waals surface area contributed by atoms with E-state index in [1.165, 1.54) is 11.9 Å². The van der Waals surface area contributed by atoms with Crippen LogP contribution in [0.25, 0.3) is 0 Å². The zero-order valence-electron chi connectivity index (χ0n) is 12.9. The van der Waals surface area contributed by atoms with E-state index in [0.29, 0.717) is 24.7 Å². The first kappa shape index (κ1) is 16.6. The molecule has 0 bridgehead atoms. The van der Waals surface area contributed by atoms with Crippen LogP contribution in [0.1, 0.15) is 0 Å². The number of fused-ring (bicyclic) bond motifs is 1. The molecule has 122 valence electrons. The van der Waals surface area contributed by atoms with Gasteiger partial charge in [-0.3, -0.25) is 4.79 Å². The molecule has 22 heavy (non-hydrogen) atoms. The molecule has 0 N–H and O–H groups in total. The minimum Gasteiger partial charge on any atom is -0.486 e. The number of hydrogen-bond donors (Lipinski definition) is 0. The summed E-state index contributed by atoms with van der Waals surface area (Å²) in [5, 5.41) is 0. The van der Waals surface area contributed by atoms with Gasteiger partial charge in [-0.2, -0.15) is 4.31 Å². The Bertz CT molecular complexity index is 646. The van der Waals surface area contributed by atoms with Gasteiger partial charge in [0, 0.05) is 14.1 Å². The minimum absolute atomic E-state index is 0.195. The molecule has 1 aliphatic heterocycles. The van der Waals surface area contributed by atoms with Crippen molar-refractivity contribution < 1.29 is 22.7 Å². The average molecular weight is 328 g/mol. The summed E-state index contributed by atoms with van der Waals surface area (Å²) in [4.78, 5) is 13.5. The first-order valence-corrected chi connectivity index (χ1v) is 8.66. The molecule has 0 fully saturated rings. The van der Waals surface area contributed by atoms with E-state index < -0.39 is 10.0 Å². The number of carbonyl (C=O) groups excluding carboxylic acids is 1. The quantitative estimate of drug-likeness (QED) is 0.770. The monoisotopic (exact) mass is 328 g/mol. The number of amides is 1. The number of nitrogens with zero attached hydrogens (tertiary/aromatic N) is 2. The standard InChI is InChI=1S/C14H20N2O5S/c1-15(14(17)9-16(2)22(3,18)19)8-11-10-20-12-6-4-5-7-13(12)21-11/h4-7,11H,8-10H2,1-3H3. The summed E-state index contributed by atoms with van der Waals surface area (Å²) in [5.74, 6) is 1.03. The molecule has 1 aromatic rings. The molecule has 1 aromatic carbocycles. The van der Waals surface area contributed by atoms with Gasteiger partial charge in [-0.1, -0.05) is 12.1 Å². The van der Waals surface area contributed by atoms with E-state index in [1.807, 2.05) is 18.2 Å². The SMILES string of the molecule is CN(CC1COc2ccccc2O1)C(=O)CN(C)S(C)(=O)=O. The Morgan fingerprint density at radius 3 is 2.55 bits per heavy atom. The van der Waals surface area contributed by atoms with Gasteiger partial charge in [0.2, 0.25) is 15.9 Å². The lowest BCUT2D eigenvalue weighted by Crippen LogP contribution is -2.45. The van der Waals surface area contributed by atoms with E-state index in [0.717, 1.165) is 10.6 Å². The fourth-order valence-electron chi connectivity index (χ4n) is 1.99. The van der Waals surface area contributed by atoms with Gasteiger partial charge in [-0.25, -0.2) is 8.42 Å². The number of likely N-dealkylation sites (N-methyl/N-ethyl adjacent to an activating group) is 2. The average Bonchev–Trinajstić information content (AvgIpc) is 2.46. The largest absolute Gasteiger partial charge is 0.486 e. The molecule has 0 spiro atoms. The van der Waals surface area contributed by atoms with Crippen LogP contribution < -0.4 is 9.47 Å². The number of benzene rings is 1. The summed E-state index contributed by atoms with van der Waals surface area (Å²) >= 11 is 0.